The van der Waals surface area contributed by atoms with Gasteiger partial charge in [-0.3, -0.25) is 4.79 Å². The Labute approximate surface area is 118 Å². The lowest BCUT2D eigenvalue weighted by Crippen LogP contribution is -2.05. The van der Waals surface area contributed by atoms with Crippen LogP contribution in [0.2, 0.25) is 0 Å². The summed E-state index contributed by atoms with van der Waals surface area (Å²) in [4.78, 5) is 14.1. The fourth-order valence-corrected chi connectivity index (χ4v) is 2.06. The maximum absolute atomic E-state index is 11.3. The maximum Gasteiger partial charge on any atom is 0.248 e. The second kappa shape index (κ2) is 6.35. The standard InChI is InChI=1S/C17H19NO2/c1-4-9-20-16(10-12(2)3)14-5-7-15-13(11-14)6-8-17(19)18-15/h4-8,10-11,16H,1,9H2,2-3H3,(H,18,19). The molecule has 0 aliphatic heterocycles. The van der Waals surface area contributed by atoms with Crippen molar-refractivity contribution in [1.82, 2.24) is 4.98 Å². The topological polar surface area (TPSA) is 42.1 Å². The van der Waals surface area contributed by atoms with Crippen molar-refractivity contribution < 1.29 is 4.74 Å². The van der Waals surface area contributed by atoms with Crippen LogP contribution in [0.4, 0.5) is 0 Å². The molecular formula is C17H19NO2. The van der Waals surface area contributed by atoms with Crippen molar-refractivity contribution in [3.8, 4) is 0 Å². The number of aromatic amines is 1. The third-order valence-electron chi connectivity index (χ3n) is 2.95. The highest BCUT2D eigenvalue weighted by Crippen LogP contribution is 2.23. The van der Waals surface area contributed by atoms with Crippen LogP contribution >= 0.6 is 0 Å². The largest absolute Gasteiger partial charge is 0.365 e. The molecule has 3 heteroatoms. The second-order valence-electron chi connectivity index (χ2n) is 4.96. The summed E-state index contributed by atoms with van der Waals surface area (Å²) in [6.45, 7) is 8.27. The molecule has 0 saturated heterocycles. The molecule has 2 aromatic rings. The lowest BCUT2D eigenvalue weighted by molar-refractivity contribution is 0.110. The number of pyridine rings is 1. The van der Waals surface area contributed by atoms with Crippen molar-refractivity contribution >= 4 is 10.9 Å². The minimum absolute atomic E-state index is 0.0889. The van der Waals surface area contributed by atoms with E-state index >= 15 is 0 Å². The number of aromatic nitrogens is 1. The Balaban J connectivity index is 2.42. The van der Waals surface area contributed by atoms with Gasteiger partial charge < -0.3 is 9.72 Å². The van der Waals surface area contributed by atoms with Gasteiger partial charge in [-0.25, -0.2) is 0 Å². The third-order valence-corrected chi connectivity index (χ3v) is 2.95. The monoisotopic (exact) mass is 269 g/mol. The highest BCUT2D eigenvalue weighted by molar-refractivity contribution is 5.79. The number of hydrogen-bond donors (Lipinski definition) is 1. The van der Waals surface area contributed by atoms with E-state index in [0.717, 1.165) is 16.5 Å². The number of benzene rings is 1. The average Bonchev–Trinajstić information content (AvgIpc) is 2.42. The number of rotatable bonds is 5. The molecule has 0 radical (unpaired) electrons. The minimum atomic E-state index is -0.102. The van der Waals surface area contributed by atoms with Gasteiger partial charge in [0, 0.05) is 11.6 Å². The summed E-state index contributed by atoms with van der Waals surface area (Å²) in [5.41, 5.74) is 3.00. The number of allylic oxidation sites excluding steroid dienone is 1. The van der Waals surface area contributed by atoms with Crippen LogP contribution in [0, 0.1) is 0 Å². The van der Waals surface area contributed by atoms with Gasteiger partial charge in [-0.1, -0.05) is 23.8 Å². The summed E-state index contributed by atoms with van der Waals surface area (Å²) >= 11 is 0. The Morgan fingerprint density at radius 2 is 2.15 bits per heavy atom. The fourth-order valence-electron chi connectivity index (χ4n) is 2.06. The van der Waals surface area contributed by atoms with Gasteiger partial charge in [-0.15, -0.1) is 6.58 Å². The molecule has 0 fully saturated rings. The van der Waals surface area contributed by atoms with Crippen LogP contribution in [-0.4, -0.2) is 11.6 Å². The highest BCUT2D eigenvalue weighted by Gasteiger charge is 2.09. The zero-order valence-corrected chi connectivity index (χ0v) is 11.8. The summed E-state index contributed by atoms with van der Waals surface area (Å²) in [5.74, 6) is 0. The molecule has 1 N–H and O–H groups in total. The maximum atomic E-state index is 11.3. The Morgan fingerprint density at radius 1 is 1.35 bits per heavy atom. The van der Waals surface area contributed by atoms with E-state index in [9.17, 15) is 4.79 Å². The Kier molecular flexibility index (Phi) is 4.53. The van der Waals surface area contributed by atoms with Gasteiger partial charge in [0.15, 0.2) is 0 Å². The number of nitrogens with one attached hydrogen (secondary N) is 1. The summed E-state index contributed by atoms with van der Waals surface area (Å²) in [5, 5.41) is 0.997. The van der Waals surface area contributed by atoms with Crippen molar-refractivity contribution in [2.45, 2.75) is 20.0 Å². The first-order valence-corrected chi connectivity index (χ1v) is 6.60. The van der Waals surface area contributed by atoms with Gasteiger partial charge in [0.2, 0.25) is 5.56 Å². The van der Waals surface area contributed by atoms with Crippen LogP contribution in [0.25, 0.3) is 10.9 Å². The van der Waals surface area contributed by atoms with Gasteiger partial charge in [-0.2, -0.15) is 0 Å². The molecule has 3 nitrogen and oxygen atoms in total. The molecule has 1 aromatic carbocycles. The molecule has 2 rings (SSSR count). The average molecular weight is 269 g/mol. The normalized spacial score (nSPS) is 12.1. The Hall–Kier alpha value is -2.13. The smallest absolute Gasteiger partial charge is 0.248 e. The van der Waals surface area contributed by atoms with Crippen molar-refractivity contribution in [1.29, 1.82) is 0 Å². The lowest BCUT2D eigenvalue weighted by atomic mass is 10.0. The molecular weight excluding hydrogens is 250 g/mol. The van der Waals surface area contributed by atoms with Gasteiger partial charge in [0.1, 0.15) is 6.10 Å². The predicted octanol–water partition coefficient (Wildman–Crippen LogP) is 3.74. The molecule has 1 unspecified atom stereocenters. The van der Waals surface area contributed by atoms with Gasteiger partial charge >= 0.3 is 0 Å². The number of H-pyrrole nitrogens is 1. The molecule has 20 heavy (non-hydrogen) atoms. The molecule has 0 spiro atoms. The van der Waals surface area contributed by atoms with Gasteiger partial charge in [0.25, 0.3) is 0 Å². The first-order valence-electron chi connectivity index (χ1n) is 6.60. The van der Waals surface area contributed by atoms with Crippen LogP contribution in [0.1, 0.15) is 25.5 Å². The molecule has 1 aromatic heterocycles. The number of hydrogen-bond acceptors (Lipinski definition) is 2. The second-order valence-corrected chi connectivity index (χ2v) is 4.96. The Bertz CT molecular complexity index is 693. The predicted molar refractivity (Wildman–Crippen MR) is 82.9 cm³/mol. The van der Waals surface area contributed by atoms with E-state index in [1.165, 1.54) is 11.6 Å². The zero-order chi connectivity index (χ0) is 14.5. The first-order chi connectivity index (χ1) is 9.60. The first kappa shape index (κ1) is 14.3. The van der Waals surface area contributed by atoms with Gasteiger partial charge in [0.05, 0.1) is 6.61 Å². The molecule has 0 aliphatic carbocycles. The molecule has 0 aliphatic rings. The van der Waals surface area contributed by atoms with Crippen LogP contribution in [-0.2, 0) is 4.74 Å². The number of ether oxygens (including phenoxy) is 1. The quantitative estimate of drug-likeness (QED) is 0.840. The summed E-state index contributed by atoms with van der Waals surface area (Å²) in [7, 11) is 0. The summed E-state index contributed by atoms with van der Waals surface area (Å²) in [6, 6.07) is 9.29. The summed E-state index contributed by atoms with van der Waals surface area (Å²) < 4.78 is 5.79. The van der Waals surface area contributed by atoms with Gasteiger partial charge in [-0.05, 0) is 43.0 Å². The lowest BCUT2D eigenvalue weighted by Gasteiger charge is -2.15. The molecule has 104 valence electrons. The van der Waals surface area contributed by atoms with E-state index in [-0.39, 0.29) is 11.7 Å². The van der Waals surface area contributed by atoms with E-state index < -0.39 is 0 Å². The summed E-state index contributed by atoms with van der Waals surface area (Å²) in [6.07, 6.45) is 3.72. The SMILES string of the molecule is C=CCOC(C=C(C)C)c1ccc2[nH]c(=O)ccc2c1. The van der Waals surface area contributed by atoms with Crippen LogP contribution in [0.3, 0.4) is 0 Å². The minimum Gasteiger partial charge on any atom is -0.365 e. The van der Waals surface area contributed by atoms with E-state index in [1.807, 2.05) is 38.1 Å². The molecule has 0 amide bonds. The van der Waals surface area contributed by atoms with Crippen LogP contribution in [0.15, 0.2) is 59.4 Å². The highest BCUT2D eigenvalue weighted by atomic mass is 16.5. The van der Waals surface area contributed by atoms with E-state index in [4.69, 9.17) is 4.74 Å². The van der Waals surface area contributed by atoms with Crippen LogP contribution < -0.4 is 5.56 Å². The zero-order valence-electron chi connectivity index (χ0n) is 11.8. The van der Waals surface area contributed by atoms with Crippen molar-refractivity contribution in [2.24, 2.45) is 0 Å². The molecule has 0 bridgehead atoms. The van der Waals surface area contributed by atoms with E-state index in [0.29, 0.717) is 6.61 Å². The van der Waals surface area contributed by atoms with E-state index in [1.54, 1.807) is 6.08 Å². The van der Waals surface area contributed by atoms with Crippen molar-refractivity contribution in [3.63, 3.8) is 0 Å². The van der Waals surface area contributed by atoms with E-state index in [2.05, 4.69) is 17.6 Å². The van der Waals surface area contributed by atoms with Crippen LogP contribution in [0.5, 0.6) is 0 Å². The Morgan fingerprint density at radius 3 is 2.85 bits per heavy atom. The van der Waals surface area contributed by atoms with Crippen molar-refractivity contribution in [2.75, 3.05) is 6.61 Å². The van der Waals surface area contributed by atoms with Crippen molar-refractivity contribution in [3.05, 3.63) is 70.6 Å². The molecule has 0 saturated carbocycles. The number of fused-ring (bicyclic) bond motifs is 1. The third kappa shape index (κ3) is 3.45. The fraction of sp³-hybridized carbons (Fsp3) is 0.235. The molecule has 1 atom stereocenters. The molecule has 1 heterocycles.